The molecule has 0 aliphatic carbocycles. The Morgan fingerprint density at radius 3 is 2.74 bits per heavy atom. The molecule has 19 heavy (non-hydrogen) atoms. The molecule has 0 unspecified atom stereocenters. The van der Waals surface area contributed by atoms with Crippen LogP contribution in [0.4, 0.5) is 10.3 Å². The Kier molecular flexibility index (Phi) is 4.39. The molecule has 0 atom stereocenters. The molecule has 0 saturated carbocycles. The summed E-state index contributed by atoms with van der Waals surface area (Å²) in [6.45, 7) is 0. The lowest BCUT2D eigenvalue weighted by molar-refractivity contribution is -0.120. The number of nitrogens with zero attached hydrogens (tertiary/aromatic N) is 2. The van der Waals surface area contributed by atoms with Crippen LogP contribution >= 0.6 is 0 Å². The minimum atomic E-state index is -0.297. The topological polar surface area (TPSA) is 66.9 Å². The van der Waals surface area contributed by atoms with Crippen molar-refractivity contribution in [3.63, 3.8) is 0 Å². The van der Waals surface area contributed by atoms with E-state index in [9.17, 15) is 9.18 Å². The van der Waals surface area contributed by atoms with Crippen LogP contribution in [0.15, 0.2) is 42.7 Å². The van der Waals surface area contributed by atoms with Crippen LogP contribution in [0.3, 0.4) is 0 Å². The minimum absolute atomic E-state index is 0.211. The first-order chi connectivity index (χ1) is 9.24. The van der Waals surface area contributed by atoms with E-state index in [1.54, 1.807) is 30.6 Å². The van der Waals surface area contributed by atoms with Crippen molar-refractivity contribution in [3.05, 3.63) is 54.1 Å². The Morgan fingerprint density at radius 1 is 1.21 bits per heavy atom. The highest BCUT2D eigenvalue weighted by Crippen LogP contribution is 2.06. The number of aromatic nitrogens is 2. The van der Waals surface area contributed by atoms with Gasteiger partial charge in [0.05, 0.1) is 0 Å². The molecule has 1 amide bonds. The van der Waals surface area contributed by atoms with Crippen LogP contribution < -0.4 is 10.9 Å². The molecule has 0 radical (unpaired) electrons. The predicted molar refractivity (Wildman–Crippen MR) is 68.5 cm³/mol. The highest BCUT2D eigenvalue weighted by Gasteiger charge is 2.03. The van der Waals surface area contributed by atoms with Crippen molar-refractivity contribution in [1.29, 1.82) is 0 Å². The maximum absolute atomic E-state index is 12.9. The highest BCUT2D eigenvalue weighted by atomic mass is 19.1. The second-order valence-corrected chi connectivity index (χ2v) is 3.88. The first-order valence-corrected chi connectivity index (χ1v) is 5.80. The number of benzene rings is 1. The lowest BCUT2D eigenvalue weighted by atomic mass is 10.1. The van der Waals surface area contributed by atoms with Crippen molar-refractivity contribution >= 4 is 11.9 Å². The first-order valence-electron chi connectivity index (χ1n) is 5.80. The molecule has 1 aromatic heterocycles. The lowest BCUT2D eigenvalue weighted by Gasteiger charge is -2.06. The molecular formula is C13H13FN4O. The van der Waals surface area contributed by atoms with Gasteiger partial charge in [-0.25, -0.2) is 14.4 Å². The van der Waals surface area contributed by atoms with Gasteiger partial charge in [-0.05, 0) is 30.2 Å². The second-order valence-electron chi connectivity index (χ2n) is 3.88. The van der Waals surface area contributed by atoms with Gasteiger partial charge in [-0.1, -0.05) is 12.1 Å². The largest absolute Gasteiger partial charge is 0.273 e. The van der Waals surface area contributed by atoms with E-state index in [4.69, 9.17) is 0 Å². The van der Waals surface area contributed by atoms with Crippen molar-refractivity contribution < 1.29 is 9.18 Å². The molecule has 1 heterocycles. The highest BCUT2D eigenvalue weighted by molar-refractivity contribution is 5.77. The van der Waals surface area contributed by atoms with E-state index in [0.717, 1.165) is 5.56 Å². The number of hydrogen-bond acceptors (Lipinski definition) is 4. The molecule has 0 bridgehead atoms. The summed E-state index contributed by atoms with van der Waals surface area (Å²) in [7, 11) is 0. The minimum Gasteiger partial charge on any atom is -0.273 e. The molecule has 0 spiro atoms. The Hall–Kier alpha value is -2.50. The zero-order valence-electron chi connectivity index (χ0n) is 10.1. The van der Waals surface area contributed by atoms with Gasteiger partial charge in [0.15, 0.2) is 0 Å². The summed E-state index contributed by atoms with van der Waals surface area (Å²) in [6, 6.07) is 7.87. The van der Waals surface area contributed by atoms with E-state index < -0.39 is 0 Å². The molecule has 2 aromatic rings. The van der Waals surface area contributed by atoms with E-state index >= 15 is 0 Å². The average Bonchev–Trinajstić information content (AvgIpc) is 2.44. The van der Waals surface area contributed by atoms with E-state index in [-0.39, 0.29) is 18.1 Å². The standard InChI is InChI=1S/C13H13FN4O/c14-11-4-1-3-10(9-11)5-6-12(19)17-18-13-15-7-2-8-16-13/h1-4,7-9H,5-6H2,(H,17,19)(H,15,16,18). The normalized spacial score (nSPS) is 9.95. The molecule has 1 aromatic carbocycles. The molecular weight excluding hydrogens is 247 g/mol. The summed E-state index contributed by atoms with van der Waals surface area (Å²) in [5, 5.41) is 0. The Morgan fingerprint density at radius 2 is 2.00 bits per heavy atom. The van der Waals surface area contributed by atoms with Crippen molar-refractivity contribution in [1.82, 2.24) is 15.4 Å². The van der Waals surface area contributed by atoms with Crippen LogP contribution in [-0.2, 0) is 11.2 Å². The Labute approximate surface area is 109 Å². The van der Waals surface area contributed by atoms with Gasteiger partial charge in [0, 0.05) is 18.8 Å². The number of carbonyl (C=O) groups is 1. The fourth-order valence-corrected chi connectivity index (χ4v) is 1.50. The number of carbonyl (C=O) groups excluding carboxylic acids is 1. The van der Waals surface area contributed by atoms with Crippen LogP contribution in [0.25, 0.3) is 0 Å². The Balaban J connectivity index is 1.76. The zero-order chi connectivity index (χ0) is 13.5. The predicted octanol–water partition coefficient (Wildman–Crippen LogP) is 1.69. The molecule has 0 aliphatic heterocycles. The SMILES string of the molecule is O=C(CCc1cccc(F)c1)NNc1ncccn1. The van der Waals surface area contributed by atoms with Crippen molar-refractivity contribution in [2.45, 2.75) is 12.8 Å². The number of rotatable bonds is 5. The number of amides is 1. The number of hydrogen-bond donors (Lipinski definition) is 2. The number of halogens is 1. The first kappa shape index (κ1) is 12.9. The monoisotopic (exact) mass is 260 g/mol. The van der Waals surface area contributed by atoms with Crippen LogP contribution in [0.1, 0.15) is 12.0 Å². The summed E-state index contributed by atoms with van der Waals surface area (Å²) >= 11 is 0. The van der Waals surface area contributed by atoms with Gasteiger partial charge in [-0.15, -0.1) is 0 Å². The van der Waals surface area contributed by atoms with Gasteiger partial charge >= 0.3 is 0 Å². The summed E-state index contributed by atoms with van der Waals surface area (Å²) in [5.74, 6) is -0.188. The molecule has 2 rings (SSSR count). The summed E-state index contributed by atoms with van der Waals surface area (Å²) in [4.78, 5) is 19.3. The number of hydrazine groups is 1. The van der Waals surface area contributed by atoms with Crippen molar-refractivity contribution in [2.75, 3.05) is 5.43 Å². The molecule has 0 saturated heterocycles. The summed E-state index contributed by atoms with van der Waals surface area (Å²) < 4.78 is 12.9. The number of anilines is 1. The second kappa shape index (κ2) is 6.44. The quantitative estimate of drug-likeness (QED) is 0.803. The third-order valence-electron chi connectivity index (χ3n) is 2.41. The number of nitrogens with one attached hydrogen (secondary N) is 2. The number of aryl methyl sites for hydroxylation is 1. The Bertz CT molecular complexity index is 547. The van der Waals surface area contributed by atoms with Crippen molar-refractivity contribution in [3.8, 4) is 0 Å². The zero-order valence-corrected chi connectivity index (χ0v) is 10.1. The van der Waals surface area contributed by atoms with Crippen LogP contribution in [-0.4, -0.2) is 15.9 Å². The van der Waals surface area contributed by atoms with Crippen molar-refractivity contribution in [2.24, 2.45) is 0 Å². The molecule has 98 valence electrons. The lowest BCUT2D eigenvalue weighted by Crippen LogP contribution is -2.30. The maximum atomic E-state index is 12.9. The fourth-order valence-electron chi connectivity index (χ4n) is 1.50. The van der Waals surface area contributed by atoms with Crippen LogP contribution in [0.5, 0.6) is 0 Å². The van der Waals surface area contributed by atoms with Gasteiger partial charge in [-0.2, -0.15) is 0 Å². The van der Waals surface area contributed by atoms with Crippen LogP contribution in [0, 0.1) is 5.82 Å². The summed E-state index contributed by atoms with van der Waals surface area (Å²) in [6.07, 6.45) is 3.85. The maximum Gasteiger partial charge on any atom is 0.241 e. The van der Waals surface area contributed by atoms with E-state index in [1.807, 2.05) is 0 Å². The third kappa shape index (κ3) is 4.34. The smallest absolute Gasteiger partial charge is 0.241 e. The van der Waals surface area contributed by atoms with Gasteiger partial charge in [0.2, 0.25) is 11.9 Å². The van der Waals surface area contributed by atoms with E-state index in [2.05, 4.69) is 20.8 Å². The average molecular weight is 260 g/mol. The van der Waals surface area contributed by atoms with E-state index in [1.165, 1.54) is 12.1 Å². The van der Waals surface area contributed by atoms with E-state index in [0.29, 0.717) is 12.4 Å². The molecule has 2 N–H and O–H groups in total. The molecule has 5 nitrogen and oxygen atoms in total. The van der Waals surface area contributed by atoms with Gasteiger partial charge < -0.3 is 0 Å². The molecule has 0 fully saturated rings. The third-order valence-corrected chi connectivity index (χ3v) is 2.41. The van der Waals surface area contributed by atoms with Crippen LogP contribution in [0.2, 0.25) is 0 Å². The molecule has 0 aliphatic rings. The van der Waals surface area contributed by atoms with Gasteiger partial charge in [0.25, 0.3) is 0 Å². The van der Waals surface area contributed by atoms with Gasteiger partial charge in [-0.3, -0.25) is 15.6 Å². The summed E-state index contributed by atoms with van der Waals surface area (Å²) in [5.41, 5.74) is 5.86. The molecule has 6 heteroatoms. The fraction of sp³-hybridized carbons (Fsp3) is 0.154. The van der Waals surface area contributed by atoms with Gasteiger partial charge in [0.1, 0.15) is 5.82 Å².